The fourth-order valence-electron chi connectivity index (χ4n) is 5.83. The number of carbonyl (C=O) groups is 2. The van der Waals surface area contributed by atoms with E-state index in [1.54, 1.807) is 4.57 Å². The molecule has 3 rings (SSSR count). The Kier molecular flexibility index (Phi) is 15.7. The normalized spacial score (nSPS) is 19.5. The molecule has 2 unspecified atom stereocenters. The zero-order chi connectivity index (χ0) is 32.5. The van der Waals surface area contributed by atoms with E-state index in [4.69, 9.17) is 15.9 Å². The number of carbonyl (C=O) groups excluding carboxylic acids is 2. The van der Waals surface area contributed by atoms with Crippen molar-refractivity contribution in [2.45, 2.75) is 154 Å². The lowest BCUT2D eigenvalue weighted by Gasteiger charge is -2.27. The van der Waals surface area contributed by atoms with Crippen molar-refractivity contribution in [1.29, 1.82) is 0 Å². The average Bonchev–Trinajstić information content (AvgIpc) is 3.58. The van der Waals surface area contributed by atoms with Crippen LogP contribution < -0.4 is 5.32 Å². The van der Waals surface area contributed by atoms with Crippen molar-refractivity contribution in [2.24, 2.45) is 0 Å². The molecule has 0 spiro atoms. The molecule has 0 bridgehead atoms. The molecule has 0 radical (unpaired) electrons. The highest BCUT2D eigenvalue weighted by Crippen LogP contribution is 2.34. The Labute approximate surface area is 267 Å². The average molecular weight is 630 g/mol. The molecule has 0 saturated carbocycles. The van der Waals surface area contributed by atoms with Crippen LogP contribution in [0, 0.1) is 18.4 Å². The second-order valence-electron chi connectivity index (χ2n) is 12.2. The molecule has 3 heterocycles. The molecular formula is C34H52FN5O5. The first-order valence-electron chi connectivity index (χ1n) is 17.0. The third-order valence-electron chi connectivity index (χ3n) is 8.46. The number of esters is 1. The number of aliphatic hydroxyl groups excluding tert-OH is 1. The van der Waals surface area contributed by atoms with E-state index in [1.807, 2.05) is 6.92 Å². The second-order valence-corrected chi connectivity index (χ2v) is 12.2. The van der Waals surface area contributed by atoms with E-state index < -0.39 is 30.5 Å². The van der Waals surface area contributed by atoms with Gasteiger partial charge in [-0.3, -0.25) is 9.59 Å². The molecule has 3 atom stereocenters. The number of nitrogens with one attached hydrogen (secondary N) is 1. The predicted octanol–water partition coefficient (Wildman–Crippen LogP) is 6.64. The molecule has 250 valence electrons. The van der Waals surface area contributed by atoms with Crippen LogP contribution in [0.25, 0.3) is 11.2 Å². The zero-order valence-electron chi connectivity index (χ0n) is 27.2. The monoisotopic (exact) mass is 629 g/mol. The first kappa shape index (κ1) is 36.4. The first-order chi connectivity index (χ1) is 21.9. The van der Waals surface area contributed by atoms with Gasteiger partial charge in [0, 0.05) is 19.3 Å². The molecule has 1 aliphatic heterocycles. The Hall–Kier alpha value is -3.10. The van der Waals surface area contributed by atoms with Crippen molar-refractivity contribution in [2.75, 3.05) is 11.9 Å². The van der Waals surface area contributed by atoms with E-state index in [-0.39, 0.29) is 48.2 Å². The summed E-state index contributed by atoms with van der Waals surface area (Å²) in [5, 5.41) is 12.8. The van der Waals surface area contributed by atoms with Crippen LogP contribution in [0.5, 0.6) is 0 Å². The van der Waals surface area contributed by atoms with Crippen LogP contribution in [0.3, 0.4) is 0 Å². The minimum atomic E-state index is -1.48. The van der Waals surface area contributed by atoms with Crippen molar-refractivity contribution in [3.8, 4) is 12.3 Å². The van der Waals surface area contributed by atoms with E-state index in [9.17, 15) is 19.1 Å². The SMILES string of the molecule is C#CC1(CO)OC(Cn2cnc3c(NC(=O)CCCCC)nc(F)nc32)C[C@@H]1OC(=O)CCCCCCCCCCCCCC. The predicted molar refractivity (Wildman–Crippen MR) is 172 cm³/mol. The van der Waals surface area contributed by atoms with Crippen LogP contribution in [0.15, 0.2) is 6.33 Å². The van der Waals surface area contributed by atoms with E-state index in [0.717, 1.165) is 38.5 Å². The van der Waals surface area contributed by atoms with Gasteiger partial charge in [-0.2, -0.15) is 14.4 Å². The smallest absolute Gasteiger partial charge is 0.312 e. The van der Waals surface area contributed by atoms with Gasteiger partial charge in [-0.15, -0.1) is 6.42 Å². The highest BCUT2D eigenvalue weighted by molar-refractivity contribution is 5.96. The Balaban J connectivity index is 1.48. The maximum absolute atomic E-state index is 14.4. The standard InChI is InChI=1S/C34H52FN5O5/c1-4-7-9-10-11-12-13-14-15-16-17-19-21-29(43)44-27-22-26(45-34(27,6-3)24-41)23-40-25-36-30-31(38-33(35)39-32(30)40)37-28(42)20-18-8-5-2/h3,25-27,41H,4-5,7-24H2,1-2H3,(H,37,38,39,42)/t26?,27-,34?/m0/s1. The van der Waals surface area contributed by atoms with Gasteiger partial charge in [0.1, 0.15) is 6.10 Å². The number of nitrogens with zero attached hydrogens (tertiary/aromatic N) is 4. The fraction of sp³-hybridized carbons (Fsp3) is 0.735. The molecule has 1 fully saturated rings. The number of hydrogen-bond donors (Lipinski definition) is 2. The third kappa shape index (κ3) is 11.3. The summed E-state index contributed by atoms with van der Waals surface area (Å²) in [6.07, 6.45) is 22.7. The molecule has 0 aliphatic carbocycles. The van der Waals surface area contributed by atoms with Gasteiger partial charge in [0.25, 0.3) is 0 Å². The molecule has 1 saturated heterocycles. The van der Waals surface area contributed by atoms with Crippen molar-refractivity contribution in [3.63, 3.8) is 0 Å². The minimum absolute atomic E-state index is 0.00281. The number of anilines is 1. The van der Waals surface area contributed by atoms with Crippen LogP contribution in [-0.2, 0) is 25.6 Å². The Morgan fingerprint density at radius 2 is 1.62 bits per heavy atom. The van der Waals surface area contributed by atoms with E-state index in [1.165, 1.54) is 64.1 Å². The van der Waals surface area contributed by atoms with Gasteiger partial charge in [0.15, 0.2) is 22.6 Å². The molecule has 45 heavy (non-hydrogen) atoms. The number of ether oxygens (including phenoxy) is 2. The molecule has 2 N–H and O–H groups in total. The van der Waals surface area contributed by atoms with E-state index in [2.05, 4.69) is 33.1 Å². The lowest BCUT2D eigenvalue weighted by Crippen LogP contribution is -2.44. The molecule has 2 aromatic rings. The van der Waals surface area contributed by atoms with Crippen LogP contribution in [-0.4, -0.2) is 60.9 Å². The van der Waals surface area contributed by atoms with Crippen LogP contribution in [0.2, 0.25) is 0 Å². The molecular weight excluding hydrogens is 577 g/mol. The molecule has 2 aromatic heterocycles. The number of terminal acetylenes is 1. The van der Waals surface area contributed by atoms with Gasteiger partial charge in [-0.25, -0.2) is 4.98 Å². The van der Waals surface area contributed by atoms with Gasteiger partial charge in [0.2, 0.25) is 5.91 Å². The summed E-state index contributed by atoms with van der Waals surface area (Å²) >= 11 is 0. The van der Waals surface area contributed by atoms with Crippen LogP contribution in [0.1, 0.15) is 129 Å². The largest absolute Gasteiger partial charge is 0.458 e. The minimum Gasteiger partial charge on any atom is -0.458 e. The summed E-state index contributed by atoms with van der Waals surface area (Å²) in [4.78, 5) is 37.0. The van der Waals surface area contributed by atoms with Gasteiger partial charge >= 0.3 is 12.0 Å². The number of imidazole rings is 1. The Morgan fingerprint density at radius 3 is 2.24 bits per heavy atom. The number of rotatable bonds is 22. The summed E-state index contributed by atoms with van der Waals surface area (Å²) in [5.41, 5.74) is -1.06. The molecule has 1 aliphatic rings. The number of aromatic nitrogens is 4. The van der Waals surface area contributed by atoms with Gasteiger partial charge in [-0.05, 0) is 12.8 Å². The number of fused-ring (bicyclic) bond motifs is 1. The summed E-state index contributed by atoms with van der Waals surface area (Å²) in [5.74, 6) is 1.86. The van der Waals surface area contributed by atoms with Gasteiger partial charge in [0.05, 0.1) is 25.6 Å². The highest BCUT2D eigenvalue weighted by Gasteiger charge is 2.50. The van der Waals surface area contributed by atoms with E-state index in [0.29, 0.717) is 6.42 Å². The highest BCUT2D eigenvalue weighted by atomic mass is 19.1. The molecule has 10 nitrogen and oxygen atoms in total. The van der Waals surface area contributed by atoms with Gasteiger partial charge < -0.3 is 24.5 Å². The summed E-state index contributed by atoms with van der Waals surface area (Å²) in [6.45, 7) is 3.92. The third-order valence-corrected chi connectivity index (χ3v) is 8.46. The summed E-state index contributed by atoms with van der Waals surface area (Å²) < 4.78 is 27.7. The van der Waals surface area contributed by atoms with Crippen LogP contribution >= 0.6 is 0 Å². The second kappa shape index (κ2) is 19.4. The molecule has 0 aromatic carbocycles. The maximum Gasteiger partial charge on any atom is 0.312 e. The van der Waals surface area contributed by atoms with Crippen molar-refractivity contribution >= 4 is 28.9 Å². The number of amides is 1. The summed E-state index contributed by atoms with van der Waals surface area (Å²) in [7, 11) is 0. The lowest BCUT2D eigenvalue weighted by atomic mass is 9.98. The number of aliphatic hydroxyl groups is 1. The van der Waals surface area contributed by atoms with Crippen molar-refractivity contribution in [1.82, 2.24) is 19.5 Å². The van der Waals surface area contributed by atoms with Gasteiger partial charge in [-0.1, -0.05) is 103 Å². The number of hydrogen-bond acceptors (Lipinski definition) is 8. The van der Waals surface area contributed by atoms with Crippen molar-refractivity contribution in [3.05, 3.63) is 12.4 Å². The zero-order valence-corrected chi connectivity index (χ0v) is 27.2. The molecule has 1 amide bonds. The fourth-order valence-corrected chi connectivity index (χ4v) is 5.83. The topological polar surface area (TPSA) is 128 Å². The Bertz CT molecular complexity index is 1250. The van der Waals surface area contributed by atoms with E-state index >= 15 is 0 Å². The molecule has 11 heteroatoms. The maximum atomic E-state index is 14.4. The first-order valence-corrected chi connectivity index (χ1v) is 17.0. The lowest BCUT2D eigenvalue weighted by molar-refractivity contribution is -0.158. The number of unbranched alkanes of at least 4 members (excludes halogenated alkanes) is 13. The quantitative estimate of drug-likeness (QED) is 0.0642. The summed E-state index contributed by atoms with van der Waals surface area (Å²) in [6, 6.07) is 0. The number of halogens is 1. The van der Waals surface area contributed by atoms with Crippen LogP contribution in [0.4, 0.5) is 10.2 Å². The van der Waals surface area contributed by atoms with Crippen molar-refractivity contribution < 1.29 is 28.6 Å². The Morgan fingerprint density at radius 1 is 1.02 bits per heavy atom.